The first kappa shape index (κ1) is 14.4. The lowest BCUT2D eigenvalue weighted by atomic mass is 9.75. The molecule has 2 N–H and O–H groups in total. The van der Waals surface area contributed by atoms with E-state index in [0.29, 0.717) is 6.54 Å². The van der Waals surface area contributed by atoms with Crippen molar-refractivity contribution in [2.75, 3.05) is 38.3 Å². The fourth-order valence-electron chi connectivity index (χ4n) is 2.69. The number of nitrogen functional groups attached to an aromatic ring is 1. The maximum Gasteiger partial charge on any atom is 0.353 e. The maximum absolute atomic E-state index is 11.1. The van der Waals surface area contributed by atoms with Gasteiger partial charge in [-0.3, -0.25) is 10.1 Å². The highest BCUT2D eigenvalue weighted by molar-refractivity contribution is 5.68. The van der Waals surface area contributed by atoms with Gasteiger partial charge in [-0.05, 0) is 33.4 Å². The van der Waals surface area contributed by atoms with Crippen molar-refractivity contribution in [3.05, 3.63) is 16.4 Å². The van der Waals surface area contributed by atoms with Crippen LogP contribution >= 0.6 is 0 Å². The van der Waals surface area contributed by atoms with Gasteiger partial charge in [0.15, 0.2) is 0 Å². The summed E-state index contributed by atoms with van der Waals surface area (Å²) in [7, 11) is 5.88. The SMILES string of the molecule is CN(CC1(N(C)C)CCC1)c1ncnc(N)c1[N+](=O)[O-]. The highest BCUT2D eigenvalue weighted by Crippen LogP contribution is 2.38. The first-order valence-electron chi connectivity index (χ1n) is 6.51. The lowest BCUT2D eigenvalue weighted by molar-refractivity contribution is -0.383. The molecule has 0 aromatic carbocycles. The van der Waals surface area contributed by atoms with Crippen LogP contribution in [-0.2, 0) is 0 Å². The average Bonchev–Trinajstić information content (AvgIpc) is 2.32. The van der Waals surface area contributed by atoms with E-state index in [1.807, 2.05) is 14.1 Å². The number of anilines is 2. The molecule has 1 aromatic heterocycles. The highest BCUT2D eigenvalue weighted by Gasteiger charge is 2.41. The van der Waals surface area contributed by atoms with Crippen LogP contribution in [0.2, 0.25) is 0 Å². The van der Waals surface area contributed by atoms with Crippen LogP contribution in [0.5, 0.6) is 0 Å². The summed E-state index contributed by atoms with van der Waals surface area (Å²) >= 11 is 0. The largest absolute Gasteiger partial charge is 0.378 e. The molecule has 8 nitrogen and oxygen atoms in total. The van der Waals surface area contributed by atoms with Crippen LogP contribution in [0.15, 0.2) is 6.33 Å². The fourth-order valence-corrected chi connectivity index (χ4v) is 2.69. The van der Waals surface area contributed by atoms with E-state index in [-0.39, 0.29) is 22.9 Å². The van der Waals surface area contributed by atoms with Gasteiger partial charge in [0, 0.05) is 19.1 Å². The second-order valence-corrected chi connectivity index (χ2v) is 5.52. The minimum Gasteiger partial charge on any atom is -0.378 e. The van der Waals surface area contributed by atoms with Gasteiger partial charge < -0.3 is 15.5 Å². The Morgan fingerprint density at radius 3 is 2.50 bits per heavy atom. The first-order chi connectivity index (χ1) is 9.37. The molecule has 1 saturated carbocycles. The third kappa shape index (κ3) is 2.38. The number of rotatable bonds is 5. The number of aromatic nitrogens is 2. The summed E-state index contributed by atoms with van der Waals surface area (Å²) < 4.78 is 0. The van der Waals surface area contributed by atoms with Gasteiger partial charge in [-0.15, -0.1) is 0 Å². The van der Waals surface area contributed by atoms with E-state index in [1.165, 1.54) is 12.7 Å². The van der Waals surface area contributed by atoms with E-state index in [1.54, 1.807) is 11.9 Å². The van der Waals surface area contributed by atoms with Crippen molar-refractivity contribution in [2.24, 2.45) is 0 Å². The van der Waals surface area contributed by atoms with E-state index in [2.05, 4.69) is 14.9 Å². The van der Waals surface area contributed by atoms with E-state index < -0.39 is 4.92 Å². The molecule has 1 heterocycles. The molecule has 8 heteroatoms. The molecule has 0 saturated heterocycles. The molecule has 0 spiro atoms. The lowest BCUT2D eigenvalue weighted by Gasteiger charge is -2.49. The Bertz CT molecular complexity index is 515. The van der Waals surface area contributed by atoms with Gasteiger partial charge in [-0.1, -0.05) is 0 Å². The van der Waals surface area contributed by atoms with Crippen LogP contribution in [0.25, 0.3) is 0 Å². The third-order valence-corrected chi connectivity index (χ3v) is 4.14. The molecule has 2 rings (SSSR count). The zero-order valence-electron chi connectivity index (χ0n) is 12.0. The molecular formula is C12H20N6O2. The van der Waals surface area contributed by atoms with Crippen molar-refractivity contribution >= 4 is 17.3 Å². The van der Waals surface area contributed by atoms with Crippen molar-refractivity contribution in [3.63, 3.8) is 0 Å². The Kier molecular flexibility index (Phi) is 3.76. The van der Waals surface area contributed by atoms with Gasteiger partial charge in [-0.2, -0.15) is 0 Å². The van der Waals surface area contributed by atoms with Gasteiger partial charge in [-0.25, -0.2) is 9.97 Å². The molecule has 1 fully saturated rings. The number of nitrogens with zero attached hydrogens (tertiary/aromatic N) is 5. The monoisotopic (exact) mass is 280 g/mol. The Hall–Kier alpha value is -1.96. The molecule has 1 aliphatic carbocycles. The summed E-state index contributed by atoms with van der Waals surface area (Å²) in [6.45, 7) is 0.678. The van der Waals surface area contributed by atoms with Crippen molar-refractivity contribution in [1.82, 2.24) is 14.9 Å². The van der Waals surface area contributed by atoms with Crippen LogP contribution in [0.1, 0.15) is 19.3 Å². The van der Waals surface area contributed by atoms with Gasteiger partial charge >= 0.3 is 5.69 Å². The summed E-state index contributed by atoms with van der Waals surface area (Å²) in [6, 6.07) is 0. The lowest BCUT2D eigenvalue weighted by Crippen LogP contribution is -2.57. The van der Waals surface area contributed by atoms with Gasteiger partial charge in [0.1, 0.15) is 6.33 Å². The molecular weight excluding hydrogens is 260 g/mol. The average molecular weight is 280 g/mol. The minimum atomic E-state index is -0.524. The van der Waals surface area contributed by atoms with E-state index in [9.17, 15) is 10.1 Å². The minimum absolute atomic E-state index is 0.0579. The Balaban J connectivity index is 2.28. The predicted molar refractivity (Wildman–Crippen MR) is 76.6 cm³/mol. The molecule has 0 radical (unpaired) electrons. The molecule has 1 aliphatic rings. The van der Waals surface area contributed by atoms with E-state index in [4.69, 9.17) is 5.73 Å². The molecule has 0 amide bonds. The second kappa shape index (κ2) is 5.20. The van der Waals surface area contributed by atoms with Gasteiger partial charge in [0.05, 0.1) is 4.92 Å². The van der Waals surface area contributed by atoms with E-state index in [0.717, 1.165) is 12.8 Å². The summed E-state index contributed by atoms with van der Waals surface area (Å²) in [5.74, 6) is 0.176. The molecule has 20 heavy (non-hydrogen) atoms. The van der Waals surface area contributed by atoms with Crippen LogP contribution in [0.4, 0.5) is 17.3 Å². The second-order valence-electron chi connectivity index (χ2n) is 5.52. The molecule has 110 valence electrons. The molecule has 0 atom stereocenters. The summed E-state index contributed by atoms with van der Waals surface area (Å²) in [6.07, 6.45) is 4.61. The van der Waals surface area contributed by atoms with Crippen molar-refractivity contribution in [1.29, 1.82) is 0 Å². The number of nitro groups is 1. The molecule has 0 unspecified atom stereocenters. The van der Waals surface area contributed by atoms with Gasteiger partial charge in [0.25, 0.3) is 0 Å². The summed E-state index contributed by atoms with van der Waals surface area (Å²) in [5.41, 5.74) is 5.44. The quantitative estimate of drug-likeness (QED) is 0.631. The molecule has 1 aromatic rings. The number of hydrogen-bond acceptors (Lipinski definition) is 7. The Labute approximate surface area is 117 Å². The zero-order valence-corrected chi connectivity index (χ0v) is 12.0. The fraction of sp³-hybridized carbons (Fsp3) is 0.667. The Morgan fingerprint density at radius 1 is 1.40 bits per heavy atom. The van der Waals surface area contributed by atoms with Crippen LogP contribution in [-0.4, -0.2) is 53.0 Å². The maximum atomic E-state index is 11.1. The molecule has 0 aliphatic heterocycles. The third-order valence-electron chi connectivity index (χ3n) is 4.14. The summed E-state index contributed by atoms with van der Waals surface area (Å²) in [5, 5.41) is 11.1. The van der Waals surface area contributed by atoms with Crippen LogP contribution in [0, 0.1) is 10.1 Å². The van der Waals surface area contributed by atoms with Crippen molar-refractivity contribution < 1.29 is 4.92 Å². The van der Waals surface area contributed by atoms with E-state index >= 15 is 0 Å². The number of likely N-dealkylation sites (N-methyl/N-ethyl adjacent to an activating group) is 2. The number of nitrogens with two attached hydrogens (primary N) is 1. The summed E-state index contributed by atoms with van der Waals surface area (Å²) in [4.78, 5) is 22.3. The first-order valence-corrected chi connectivity index (χ1v) is 6.51. The van der Waals surface area contributed by atoms with Gasteiger partial charge in [0.2, 0.25) is 11.6 Å². The standard InChI is InChI=1S/C12H20N6O2/c1-16(2)12(5-4-6-12)7-17(3)11-9(18(19)20)10(13)14-8-15-11/h8H,4-7H2,1-3H3,(H2,13,14,15). The van der Waals surface area contributed by atoms with Crippen molar-refractivity contribution in [3.8, 4) is 0 Å². The van der Waals surface area contributed by atoms with Crippen molar-refractivity contribution in [2.45, 2.75) is 24.8 Å². The van der Waals surface area contributed by atoms with Crippen LogP contribution in [0.3, 0.4) is 0 Å². The number of hydrogen-bond donors (Lipinski definition) is 1. The Morgan fingerprint density at radius 2 is 2.05 bits per heavy atom. The predicted octanol–water partition coefficient (Wildman–Crippen LogP) is 0.887. The zero-order chi connectivity index (χ0) is 14.9. The highest BCUT2D eigenvalue weighted by atomic mass is 16.6. The topological polar surface area (TPSA) is 101 Å². The molecule has 0 bridgehead atoms. The normalized spacial score (nSPS) is 16.8. The smallest absolute Gasteiger partial charge is 0.353 e. The van der Waals surface area contributed by atoms with Crippen LogP contribution < -0.4 is 10.6 Å².